The third kappa shape index (κ3) is 4.32. The molecular formula is C25H22N6O3S. The van der Waals surface area contributed by atoms with Gasteiger partial charge in [0.05, 0.1) is 15.8 Å². The average Bonchev–Trinajstić information content (AvgIpc) is 3.19. The van der Waals surface area contributed by atoms with Crippen LogP contribution in [0.1, 0.15) is 16.2 Å². The number of carbonyl (C=O) groups excluding carboxylic acids is 1. The van der Waals surface area contributed by atoms with Gasteiger partial charge in [-0.1, -0.05) is 48.5 Å². The van der Waals surface area contributed by atoms with E-state index in [4.69, 9.17) is 10.9 Å². The summed E-state index contributed by atoms with van der Waals surface area (Å²) in [6, 6.07) is 23.5. The first-order chi connectivity index (χ1) is 16.8. The molecule has 0 spiro atoms. The predicted molar refractivity (Wildman–Crippen MR) is 135 cm³/mol. The van der Waals surface area contributed by atoms with E-state index in [-0.39, 0.29) is 16.5 Å². The van der Waals surface area contributed by atoms with E-state index < -0.39 is 15.9 Å². The van der Waals surface area contributed by atoms with Gasteiger partial charge in [-0.3, -0.25) is 9.36 Å². The SMILES string of the molecule is Nc1nc(C(=O)NCCc2ccccc2)nc2c1c1ccccc1n2-c1ccc(S(N)(=O)=O)cc1. The number of hydrogen-bond acceptors (Lipinski definition) is 6. The first kappa shape index (κ1) is 22.5. The number of aromatic nitrogens is 3. The molecule has 0 saturated heterocycles. The highest BCUT2D eigenvalue weighted by Gasteiger charge is 2.20. The summed E-state index contributed by atoms with van der Waals surface area (Å²) < 4.78 is 25.2. The van der Waals surface area contributed by atoms with Gasteiger partial charge in [0.15, 0.2) is 5.65 Å². The lowest BCUT2D eigenvalue weighted by Gasteiger charge is -2.09. The van der Waals surface area contributed by atoms with Crippen LogP contribution in [0.3, 0.4) is 0 Å². The van der Waals surface area contributed by atoms with Crippen LogP contribution < -0.4 is 16.2 Å². The van der Waals surface area contributed by atoms with Crippen molar-refractivity contribution in [2.24, 2.45) is 5.14 Å². The first-order valence-electron chi connectivity index (χ1n) is 10.8. The van der Waals surface area contributed by atoms with Crippen LogP contribution in [0.2, 0.25) is 0 Å². The normalized spacial score (nSPS) is 11.7. The summed E-state index contributed by atoms with van der Waals surface area (Å²) >= 11 is 0. The Morgan fingerprint density at radius 1 is 0.914 bits per heavy atom. The zero-order valence-electron chi connectivity index (χ0n) is 18.5. The molecule has 0 fully saturated rings. The second kappa shape index (κ2) is 8.82. The fraction of sp³-hybridized carbons (Fsp3) is 0.0800. The third-order valence-corrected chi connectivity index (χ3v) is 6.64. The minimum absolute atomic E-state index is 0.00496. The number of hydrogen-bond donors (Lipinski definition) is 3. The second-order valence-corrected chi connectivity index (χ2v) is 9.58. The van der Waals surface area contributed by atoms with E-state index in [1.165, 1.54) is 12.1 Å². The third-order valence-electron chi connectivity index (χ3n) is 5.71. The maximum atomic E-state index is 12.9. The number of fused-ring (bicyclic) bond motifs is 3. The molecule has 0 radical (unpaired) electrons. The number of anilines is 1. The fourth-order valence-corrected chi connectivity index (χ4v) is 4.59. The Hall–Kier alpha value is -4.28. The highest BCUT2D eigenvalue weighted by molar-refractivity contribution is 7.89. The lowest BCUT2D eigenvalue weighted by Crippen LogP contribution is -2.28. The molecule has 5 N–H and O–H groups in total. The van der Waals surface area contributed by atoms with Crippen molar-refractivity contribution in [3.63, 3.8) is 0 Å². The van der Waals surface area contributed by atoms with Crippen molar-refractivity contribution >= 4 is 43.7 Å². The summed E-state index contributed by atoms with van der Waals surface area (Å²) in [5.74, 6) is -0.302. The van der Waals surface area contributed by atoms with Crippen LogP contribution in [0, 0.1) is 0 Å². The molecule has 2 heterocycles. The minimum Gasteiger partial charge on any atom is -0.383 e. The van der Waals surface area contributed by atoms with Crippen LogP contribution in [-0.4, -0.2) is 35.4 Å². The van der Waals surface area contributed by atoms with E-state index in [2.05, 4.69) is 15.3 Å². The van der Waals surface area contributed by atoms with Crippen molar-refractivity contribution in [1.29, 1.82) is 0 Å². The van der Waals surface area contributed by atoms with Gasteiger partial charge >= 0.3 is 0 Å². The Balaban J connectivity index is 1.57. The number of nitrogen functional groups attached to an aromatic ring is 1. The number of nitrogens with two attached hydrogens (primary N) is 2. The van der Waals surface area contributed by atoms with E-state index in [1.54, 1.807) is 12.1 Å². The molecule has 0 aliphatic carbocycles. The standard InChI is InChI=1S/C25H22N6O3S/c26-22-21-19-8-4-5-9-20(19)31(17-10-12-18(13-11-17)35(27,33)34)24(21)30-23(29-22)25(32)28-15-14-16-6-2-1-3-7-16/h1-13H,14-15H2,(H,28,32)(H2,26,29,30)(H2,27,33,34). The van der Waals surface area contributed by atoms with Crippen LogP contribution in [0.15, 0.2) is 83.8 Å². The molecule has 0 aliphatic heterocycles. The number of rotatable bonds is 6. The van der Waals surface area contributed by atoms with Gasteiger partial charge < -0.3 is 11.1 Å². The summed E-state index contributed by atoms with van der Waals surface area (Å²) in [5, 5.41) is 9.51. The largest absolute Gasteiger partial charge is 0.383 e. The molecule has 0 saturated carbocycles. The number of benzene rings is 3. The van der Waals surface area contributed by atoms with Crippen LogP contribution in [0.5, 0.6) is 0 Å². The van der Waals surface area contributed by atoms with Crippen molar-refractivity contribution in [2.75, 3.05) is 12.3 Å². The van der Waals surface area contributed by atoms with Crippen LogP contribution in [-0.2, 0) is 16.4 Å². The van der Waals surface area contributed by atoms with Gasteiger partial charge in [-0.2, -0.15) is 0 Å². The molecule has 0 bridgehead atoms. The van der Waals surface area contributed by atoms with Crippen molar-refractivity contribution in [3.8, 4) is 5.69 Å². The van der Waals surface area contributed by atoms with Crippen LogP contribution in [0.4, 0.5) is 5.82 Å². The number of nitrogens with one attached hydrogen (secondary N) is 1. The quantitative estimate of drug-likeness (QED) is 0.336. The Kier molecular flexibility index (Phi) is 5.67. The van der Waals surface area contributed by atoms with Gasteiger partial charge in [0.25, 0.3) is 5.91 Å². The van der Waals surface area contributed by atoms with Gasteiger partial charge in [0, 0.05) is 17.6 Å². The molecule has 35 heavy (non-hydrogen) atoms. The maximum Gasteiger partial charge on any atom is 0.289 e. The molecule has 176 valence electrons. The molecular weight excluding hydrogens is 464 g/mol. The Bertz CT molecular complexity index is 1660. The number of sulfonamides is 1. The zero-order valence-corrected chi connectivity index (χ0v) is 19.4. The Morgan fingerprint density at radius 3 is 2.31 bits per heavy atom. The van der Waals surface area contributed by atoms with Gasteiger partial charge in [-0.25, -0.2) is 23.5 Å². The maximum absolute atomic E-state index is 12.9. The molecule has 2 aromatic heterocycles. The van der Waals surface area contributed by atoms with Crippen molar-refractivity contribution in [3.05, 3.63) is 90.3 Å². The predicted octanol–water partition coefficient (Wildman–Crippen LogP) is 2.78. The molecule has 10 heteroatoms. The average molecular weight is 487 g/mol. The molecule has 0 unspecified atom stereocenters. The van der Waals surface area contributed by atoms with E-state index in [1.807, 2.05) is 59.2 Å². The summed E-state index contributed by atoms with van der Waals surface area (Å²) in [6.45, 7) is 0.419. The molecule has 5 rings (SSSR count). The van der Waals surface area contributed by atoms with Crippen LogP contribution >= 0.6 is 0 Å². The second-order valence-electron chi connectivity index (χ2n) is 8.01. The molecule has 5 aromatic rings. The number of amides is 1. The molecule has 3 aromatic carbocycles. The van der Waals surface area contributed by atoms with Crippen LogP contribution in [0.25, 0.3) is 27.6 Å². The first-order valence-corrected chi connectivity index (χ1v) is 12.4. The molecule has 9 nitrogen and oxygen atoms in total. The summed E-state index contributed by atoms with van der Waals surface area (Å²) in [5.41, 5.74) is 9.28. The van der Waals surface area contributed by atoms with Gasteiger partial charge in [-0.15, -0.1) is 0 Å². The summed E-state index contributed by atoms with van der Waals surface area (Å²) in [4.78, 5) is 21.7. The number of primary sulfonamides is 1. The monoisotopic (exact) mass is 486 g/mol. The number of para-hydroxylation sites is 1. The van der Waals surface area contributed by atoms with E-state index in [0.29, 0.717) is 29.7 Å². The summed E-state index contributed by atoms with van der Waals surface area (Å²) in [7, 11) is -3.83. The van der Waals surface area contributed by atoms with Crippen molar-refractivity contribution in [1.82, 2.24) is 19.9 Å². The Labute approximate surface area is 201 Å². The fourth-order valence-electron chi connectivity index (χ4n) is 4.07. The van der Waals surface area contributed by atoms with E-state index in [9.17, 15) is 13.2 Å². The van der Waals surface area contributed by atoms with Crippen molar-refractivity contribution < 1.29 is 13.2 Å². The van der Waals surface area contributed by atoms with E-state index >= 15 is 0 Å². The Morgan fingerprint density at radius 2 is 1.60 bits per heavy atom. The molecule has 0 atom stereocenters. The van der Waals surface area contributed by atoms with Gasteiger partial charge in [0.1, 0.15) is 5.82 Å². The highest BCUT2D eigenvalue weighted by atomic mass is 32.2. The number of carbonyl (C=O) groups is 1. The minimum atomic E-state index is -3.83. The van der Waals surface area contributed by atoms with Gasteiger partial charge in [-0.05, 0) is 42.3 Å². The lowest BCUT2D eigenvalue weighted by molar-refractivity contribution is 0.0944. The van der Waals surface area contributed by atoms with E-state index in [0.717, 1.165) is 16.5 Å². The van der Waals surface area contributed by atoms with Crippen molar-refractivity contribution in [2.45, 2.75) is 11.3 Å². The highest BCUT2D eigenvalue weighted by Crippen LogP contribution is 2.33. The lowest BCUT2D eigenvalue weighted by atomic mass is 10.1. The zero-order chi connectivity index (χ0) is 24.6. The van der Waals surface area contributed by atoms with Gasteiger partial charge in [0.2, 0.25) is 15.8 Å². The molecule has 1 amide bonds. The topological polar surface area (TPSA) is 146 Å². The smallest absolute Gasteiger partial charge is 0.289 e. The molecule has 0 aliphatic rings. The summed E-state index contributed by atoms with van der Waals surface area (Å²) in [6.07, 6.45) is 0.668. The number of nitrogens with zero attached hydrogens (tertiary/aromatic N) is 3.